The van der Waals surface area contributed by atoms with Crippen LogP contribution in [-0.4, -0.2) is 38.9 Å². The van der Waals surface area contributed by atoms with Crippen molar-refractivity contribution in [3.8, 4) is 17.5 Å². The summed E-state index contributed by atoms with van der Waals surface area (Å²) in [4.78, 5) is 42.3. The highest BCUT2D eigenvalue weighted by molar-refractivity contribution is 5.95. The van der Waals surface area contributed by atoms with E-state index in [-0.39, 0.29) is 35.8 Å². The number of esters is 1. The van der Waals surface area contributed by atoms with Crippen molar-refractivity contribution in [2.24, 2.45) is 7.05 Å². The Hall–Kier alpha value is -4.48. The summed E-state index contributed by atoms with van der Waals surface area (Å²) in [6, 6.07) is 4.86. The van der Waals surface area contributed by atoms with Crippen LogP contribution in [0.1, 0.15) is 16.7 Å². The van der Waals surface area contributed by atoms with Gasteiger partial charge in [-0.25, -0.2) is 23.4 Å². The number of phenolic OH excluding ortho intramolecular Hbond substituents is 1. The molecular weight excluding hydrogens is 468 g/mol. The molecule has 1 aliphatic heterocycles. The number of halogens is 2. The molecule has 0 spiro atoms. The fourth-order valence-corrected chi connectivity index (χ4v) is 3.47. The summed E-state index contributed by atoms with van der Waals surface area (Å²) in [5, 5.41) is 9.27. The van der Waals surface area contributed by atoms with Crippen molar-refractivity contribution >= 4 is 12.0 Å². The highest BCUT2D eigenvalue weighted by Crippen LogP contribution is 2.24. The first-order valence-electron chi connectivity index (χ1n) is 10.2. The van der Waals surface area contributed by atoms with E-state index in [4.69, 9.17) is 14.2 Å². The fourth-order valence-electron chi connectivity index (χ4n) is 3.47. The normalized spacial score (nSPS) is 12.4. The molecule has 12 heteroatoms. The monoisotopic (exact) mass is 487 g/mol. The van der Waals surface area contributed by atoms with Crippen LogP contribution in [0.3, 0.4) is 0 Å². The van der Waals surface area contributed by atoms with Crippen molar-refractivity contribution in [1.82, 2.24) is 14.1 Å². The van der Waals surface area contributed by atoms with Gasteiger partial charge in [0.05, 0.1) is 19.2 Å². The average molecular weight is 487 g/mol. The van der Waals surface area contributed by atoms with Crippen LogP contribution in [0.25, 0.3) is 6.08 Å². The number of fused-ring (bicyclic) bond motifs is 1. The van der Waals surface area contributed by atoms with Crippen LogP contribution < -0.4 is 20.7 Å². The molecule has 0 aliphatic carbocycles. The van der Waals surface area contributed by atoms with E-state index in [0.717, 1.165) is 21.3 Å². The standard InChI is InChI=1S/C23H19F2N3O7/c1-27-21-15(20(30)28(23(27)32)9-13-5-16(24)19(29)17(25)6-13)8-14(11-34-21)22(31)35-10-12-3-4-26-18(7-12)33-2/h3-8,29H,9-11H2,1-2H3. The van der Waals surface area contributed by atoms with E-state index in [1.807, 2.05) is 0 Å². The molecule has 0 saturated heterocycles. The Morgan fingerprint density at radius 3 is 2.60 bits per heavy atom. The van der Waals surface area contributed by atoms with Crippen LogP contribution in [0.2, 0.25) is 0 Å². The molecular formula is C23H19F2N3O7. The van der Waals surface area contributed by atoms with Gasteiger partial charge < -0.3 is 19.3 Å². The molecule has 1 aliphatic rings. The van der Waals surface area contributed by atoms with E-state index in [1.165, 1.54) is 26.4 Å². The maximum absolute atomic E-state index is 13.7. The number of aromatic nitrogens is 3. The number of hydrogen-bond acceptors (Lipinski definition) is 8. The first kappa shape index (κ1) is 23.7. The molecule has 3 heterocycles. The Morgan fingerprint density at radius 2 is 1.91 bits per heavy atom. The zero-order chi connectivity index (χ0) is 25.3. The molecule has 4 rings (SSSR count). The summed E-state index contributed by atoms with van der Waals surface area (Å²) >= 11 is 0. The molecule has 10 nitrogen and oxygen atoms in total. The number of hydrogen-bond donors (Lipinski definition) is 1. The van der Waals surface area contributed by atoms with Crippen LogP contribution in [-0.2, 0) is 29.7 Å². The van der Waals surface area contributed by atoms with Crippen LogP contribution in [0.5, 0.6) is 17.5 Å². The minimum atomic E-state index is -1.23. The third kappa shape index (κ3) is 4.63. The molecule has 182 valence electrons. The summed E-state index contributed by atoms with van der Waals surface area (Å²) < 4.78 is 45.0. The molecule has 2 aromatic heterocycles. The highest BCUT2D eigenvalue weighted by Gasteiger charge is 2.25. The summed E-state index contributed by atoms with van der Waals surface area (Å²) in [6.07, 6.45) is 2.75. The first-order valence-corrected chi connectivity index (χ1v) is 10.2. The minimum absolute atomic E-state index is 0.0301. The molecule has 0 atom stereocenters. The van der Waals surface area contributed by atoms with Gasteiger partial charge in [-0.15, -0.1) is 0 Å². The van der Waals surface area contributed by atoms with E-state index in [1.54, 1.807) is 12.1 Å². The smallest absolute Gasteiger partial charge is 0.337 e. The van der Waals surface area contributed by atoms with Gasteiger partial charge in [0.25, 0.3) is 5.56 Å². The van der Waals surface area contributed by atoms with Gasteiger partial charge in [-0.05, 0) is 35.4 Å². The Bertz CT molecular complexity index is 1450. The lowest BCUT2D eigenvalue weighted by atomic mass is 10.1. The lowest BCUT2D eigenvalue weighted by molar-refractivity contribution is -0.140. The Morgan fingerprint density at radius 1 is 1.20 bits per heavy atom. The predicted octanol–water partition coefficient (Wildman–Crippen LogP) is 1.50. The van der Waals surface area contributed by atoms with Crippen molar-refractivity contribution in [2.45, 2.75) is 13.2 Å². The minimum Gasteiger partial charge on any atom is -0.503 e. The van der Waals surface area contributed by atoms with Crippen LogP contribution >= 0.6 is 0 Å². The van der Waals surface area contributed by atoms with Crippen molar-refractivity contribution < 1.29 is 32.9 Å². The topological polar surface area (TPSA) is 122 Å². The van der Waals surface area contributed by atoms with Crippen LogP contribution in [0.4, 0.5) is 8.78 Å². The van der Waals surface area contributed by atoms with Gasteiger partial charge in [0.1, 0.15) is 18.8 Å². The van der Waals surface area contributed by atoms with E-state index in [2.05, 4.69) is 4.98 Å². The van der Waals surface area contributed by atoms with Crippen molar-refractivity contribution in [2.75, 3.05) is 13.7 Å². The number of ether oxygens (including phenoxy) is 3. The number of aromatic hydroxyl groups is 1. The molecule has 35 heavy (non-hydrogen) atoms. The number of carbonyl (C=O) groups is 1. The largest absolute Gasteiger partial charge is 0.503 e. The first-order chi connectivity index (χ1) is 16.7. The maximum Gasteiger partial charge on any atom is 0.337 e. The number of phenols is 1. The SMILES string of the molecule is COc1cc(COC(=O)C2=Cc3c(n(C)c(=O)n(Cc4cc(F)c(O)c(F)c4)c3=O)OC2)ccn1. The van der Waals surface area contributed by atoms with Crippen LogP contribution in [0.15, 0.2) is 45.6 Å². The van der Waals surface area contributed by atoms with Crippen molar-refractivity contribution in [3.63, 3.8) is 0 Å². The summed E-state index contributed by atoms with van der Waals surface area (Å²) in [7, 11) is 2.80. The predicted molar refractivity (Wildman–Crippen MR) is 117 cm³/mol. The summed E-state index contributed by atoms with van der Waals surface area (Å²) in [5.41, 5.74) is -1.14. The third-order valence-corrected chi connectivity index (χ3v) is 5.27. The Kier molecular flexibility index (Phi) is 6.36. The van der Waals surface area contributed by atoms with Gasteiger partial charge in [0, 0.05) is 19.3 Å². The molecule has 1 aromatic carbocycles. The van der Waals surface area contributed by atoms with Crippen molar-refractivity contribution in [1.29, 1.82) is 0 Å². The number of pyridine rings is 1. The Labute approximate surface area is 196 Å². The third-order valence-electron chi connectivity index (χ3n) is 5.27. The number of carbonyl (C=O) groups excluding carboxylic acids is 1. The second-order valence-electron chi connectivity index (χ2n) is 7.60. The summed E-state index contributed by atoms with van der Waals surface area (Å²) in [5.74, 6) is -4.08. The van der Waals surface area contributed by atoms with Gasteiger partial charge in [0.15, 0.2) is 17.4 Å². The number of nitrogens with zero attached hydrogens (tertiary/aromatic N) is 3. The second kappa shape index (κ2) is 9.41. The van der Waals surface area contributed by atoms with E-state index in [9.17, 15) is 28.3 Å². The zero-order valence-corrected chi connectivity index (χ0v) is 18.6. The lowest BCUT2D eigenvalue weighted by Crippen LogP contribution is -2.42. The molecule has 0 radical (unpaired) electrons. The van der Waals surface area contributed by atoms with Gasteiger partial charge in [0.2, 0.25) is 11.8 Å². The van der Waals surface area contributed by atoms with E-state index >= 15 is 0 Å². The molecule has 3 aromatic rings. The molecule has 0 bridgehead atoms. The van der Waals surface area contributed by atoms with Crippen molar-refractivity contribution in [3.05, 3.63) is 85.2 Å². The molecule has 0 unspecified atom stereocenters. The lowest BCUT2D eigenvalue weighted by Gasteiger charge is -2.20. The number of methoxy groups -OCH3 is 1. The van der Waals surface area contributed by atoms with Gasteiger partial charge in [-0.3, -0.25) is 13.9 Å². The van der Waals surface area contributed by atoms with Gasteiger partial charge in [-0.1, -0.05) is 0 Å². The van der Waals surface area contributed by atoms with Gasteiger partial charge >= 0.3 is 11.7 Å². The zero-order valence-electron chi connectivity index (χ0n) is 18.6. The Balaban J connectivity index is 1.63. The van der Waals surface area contributed by atoms with E-state index < -0.39 is 41.1 Å². The second-order valence-corrected chi connectivity index (χ2v) is 7.60. The van der Waals surface area contributed by atoms with Crippen LogP contribution in [0, 0.1) is 11.6 Å². The molecule has 0 amide bonds. The fraction of sp³-hybridized carbons (Fsp3) is 0.217. The maximum atomic E-state index is 13.7. The molecule has 1 N–H and O–H groups in total. The summed E-state index contributed by atoms with van der Waals surface area (Å²) in [6.45, 7) is -0.807. The molecule has 0 fully saturated rings. The van der Waals surface area contributed by atoms with Gasteiger partial charge in [-0.2, -0.15) is 0 Å². The average Bonchev–Trinajstić information content (AvgIpc) is 2.86. The quantitative estimate of drug-likeness (QED) is 0.520. The highest BCUT2D eigenvalue weighted by atomic mass is 19.1. The molecule has 0 saturated carbocycles. The number of rotatable bonds is 6. The number of benzene rings is 1. The van der Waals surface area contributed by atoms with E-state index in [0.29, 0.717) is 11.4 Å².